The van der Waals surface area contributed by atoms with Crippen molar-refractivity contribution in [3.8, 4) is 6.07 Å². The molecular formula is C18H30N2O3. The van der Waals surface area contributed by atoms with Crippen LogP contribution in [0.2, 0.25) is 0 Å². The molecule has 1 atom stereocenters. The van der Waals surface area contributed by atoms with E-state index in [-0.39, 0.29) is 24.1 Å². The summed E-state index contributed by atoms with van der Waals surface area (Å²) in [5, 5.41) is 21.2. The number of aliphatic hydroxyl groups is 1. The van der Waals surface area contributed by atoms with Gasteiger partial charge >= 0.3 is 5.97 Å². The highest BCUT2D eigenvalue weighted by Crippen LogP contribution is 2.04. The van der Waals surface area contributed by atoms with Gasteiger partial charge in [0.15, 0.2) is 0 Å². The summed E-state index contributed by atoms with van der Waals surface area (Å²) >= 11 is 0. The van der Waals surface area contributed by atoms with E-state index in [1.165, 1.54) is 18.9 Å². The SMILES string of the molecule is CCCCCCCOC(=O)/C(C#N)=C\C=C\NC(CO)C(C)C. The van der Waals surface area contributed by atoms with Crippen LogP contribution in [0.15, 0.2) is 23.9 Å². The molecule has 0 aliphatic carbocycles. The molecular weight excluding hydrogens is 292 g/mol. The molecule has 5 heteroatoms. The largest absolute Gasteiger partial charge is 0.462 e. The molecule has 0 spiro atoms. The van der Waals surface area contributed by atoms with Gasteiger partial charge in [0.05, 0.1) is 19.3 Å². The summed E-state index contributed by atoms with van der Waals surface area (Å²) in [5.41, 5.74) is -0.0262. The van der Waals surface area contributed by atoms with E-state index in [2.05, 4.69) is 12.2 Å². The van der Waals surface area contributed by atoms with Crippen LogP contribution >= 0.6 is 0 Å². The summed E-state index contributed by atoms with van der Waals surface area (Å²) < 4.78 is 5.09. The van der Waals surface area contributed by atoms with Crippen molar-refractivity contribution in [1.82, 2.24) is 5.32 Å². The molecule has 0 saturated heterocycles. The van der Waals surface area contributed by atoms with Crippen LogP contribution in [0.4, 0.5) is 0 Å². The Labute approximate surface area is 140 Å². The van der Waals surface area contributed by atoms with Crippen molar-refractivity contribution in [1.29, 1.82) is 5.26 Å². The van der Waals surface area contributed by atoms with E-state index in [1.54, 1.807) is 12.3 Å². The maximum Gasteiger partial charge on any atom is 0.348 e. The van der Waals surface area contributed by atoms with Crippen molar-refractivity contribution in [3.05, 3.63) is 23.9 Å². The Hall–Kier alpha value is -1.80. The highest BCUT2D eigenvalue weighted by atomic mass is 16.5. The fraction of sp³-hybridized carbons (Fsp3) is 0.667. The van der Waals surface area contributed by atoms with Crippen molar-refractivity contribution in [2.45, 2.75) is 58.9 Å². The van der Waals surface area contributed by atoms with Crippen LogP contribution in [0.3, 0.4) is 0 Å². The van der Waals surface area contributed by atoms with Crippen molar-refractivity contribution in [3.63, 3.8) is 0 Å². The lowest BCUT2D eigenvalue weighted by Crippen LogP contribution is -2.33. The van der Waals surface area contributed by atoms with Gasteiger partial charge in [0.2, 0.25) is 0 Å². The first-order chi connectivity index (χ1) is 11.1. The van der Waals surface area contributed by atoms with E-state index in [0.717, 1.165) is 19.3 Å². The average molecular weight is 322 g/mol. The molecule has 0 aliphatic heterocycles. The van der Waals surface area contributed by atoms with Gasteiger partial charge in [0.25, 0.3) is 0 Å². The van der Waals surface area contributed by atoms with Crippen LogP contribution in [0.25, 0.3) is 0 Å². The quantitative estimate of drug-likeness (QED) is 0.190. The summed E-state index contributed by atoms with van der Waals surface area (Å²) in [7, 11) is 0. The molecule has 0 amide bonds. The molecule has 0 aromatic heterocycles. The maximum atomic E-state index is 11.7. The number of rotatable bonds is 12. The lowest BCUT2D eigenvalue weighted by Gasteiger charge is -2.17. The van der Waals surface area contributed by atoms with Crippen LogP contribution in [0.5, 0.6) is 0 Å². The van der Waals surface area contributed by atoms with Gasteiger partial charge in [-0.15, -0.1) is 0 Å². The second kappa shape index (κ2) is 13.8. The summed E-state index contributed by atoms with van der Waals surface area (Å²) in [6.07, 6.45) is 9.99. The molecule has 0 aromatic rings. The fourth-order valence-corrected chi connectivity index (χ4v) is 1.88. The summed E-state index contributed by atoms with van der Waals surface area (Å²) in [4.78, 5) is 11.7. The smallest absolute Gasteiger partial charge is 0.348 e. The zero-order chi connectivity index (χ0) is 17.5. The summed E-state index contributed by atoms with van der Waals surface area (Å²) in [6.45, 7) is 6.52. The molecule has 0 aliphatic rings. The lowest BCUT2D eigenvalue weighted by atomic mass is 10.1. The van der Waals surface area contributed by atoms with Gasteiger partial charge < -0.3 is 15.2 Å². The number of nitrogens with one attached hydrogen (secondary N) is 1. The molecule has 0 fully saturated rings. The first-order valence-electron chi connectivity index (χ1n) is 8.37. The number of ether oxygens (including phenoxy) is 1. The van der Waals surface area contributed by atoms with E-state index in [1.807, 2.05) is 19.9 Å². The highest BCUT2D eigenvalue weighted by Gasteiger charge is 2.10. The molecule has 0 radical (unpaired) electrons. The minimum atomic E-state index is -0.588. The predicted molar refractivity (Wildman–Crippen MR) is 91.4 cm³/mol. The molecule has 130 valence electrons. The number of hydrogen-bond donors (Lipinski definition) is 2. The standard InChI is InChI=1S/C18H30N2O3/c1-4-5-6-7-8-12-23-18(22)16(13-19)10-9-11-20-17(14-21)15(2)3/h9-11,15,17,20-21H,4-8,12,14H2,1-3H3/b11-9+,16-10-. The number of esters is 1. The number of aliphatic hydroxyl groups excluding tert-OH is 1. The van der Waals surface area contributed by atoms with Crippen LogP contribution in [0, 0.1) is 17.2 Å². The zero-order valence-electron chi connectivity index (χ0n) is 14.5. The normalized spacial score (nSPS) is 13.1. The Kier molecular flexibility index (Phi) is 12.8. The maximum absolute atomic E-state index is 11.7. The van der Waals surface area contributed by atoms with Gasteiger partial charge in [-0.2, -0.15) is 5.26 Å². The first kappa shape index (κ1) is 21.2. The third-order valence-corrected chi connectivity index (χ3v) is 3.49. The van der Waals surface area contributed by atoms with Crippen LogP contribution in [-0.4, -0.2) is 30.3 Å². The lowest BCUT2D eigenvalue weighted by molar-refractivity contribution is -0.138. The molecule has 0 saturated carbocycles. The van der Waals surface area contributed by atoms with Crippen molar-refractivity contribution < 1.29 is 14.6 Å². The number of allylic oxidation sites excluding steroid dienone is 2. The van der Waals surface area contributed by atoms with Gasteiger partial charge in [-0.1, -0.05) is 46.5 Å². The molecule has 5 nitrogen and oxygen atoms in total. The third-order valence-electron chi connectivity index (χ3n) is 3.49. The number of unbranched alkanes of at least 4 members (excludes halogenated alkanes) is 4. The number of hydrogen-bond acceptors (Lipinski definition) is 5. The van der Waals surface area contributed by atoms with Gasteiger partial charge in [-0.25, -0.2) is 4.79 Å². The van der Waals surface area contributed by atoms with Gasteiger partial charge in [-0.3, -0.25) is 0 Å². The van der Waals surface area contributed by atoms with E-state index in [9.17, 15) is 9.90 Å². The molecule has 0 rings (SSSR count). The molecule has 0 heterocycles. The van der Waals surface area contributed by atoms with E-state index < -0.39 is 5.97 Å². The minimum absolute atomic E-state index is 0.0247. The zero-order valence-corrected chi connectivity index (χ0v) is 14.5. The Balaban J connectivity index is 4.20. The Morgan fingerprint density at radius 2 is 2.00 bits per heavy atom. The second-order valence-electron chi connectivity index (χ2n) is 5.80. The molecule has 23 heavy (non-hydrogen) atoms. The van der Waals surface area contributed by atoms with Gasteiger partial charge in [-0.05, 0) is 30.7 Å². The van der Waals surface area contributed by atoms with Gasteiger partial charge in [0, 0.05) is 0 Å². The topological polar surface area (TPSA) is 82.4 Å². The monoisotopic (exact) mass is 322 g/mol. The minimum Gasteiger partial charge on any atom is -0.462 e. The van der Waals surface area contributed by atoms with Crippen LogP contribution < -0.4 is 5.32 Å². The number of carbonyl (C=O) groups excluding carboxylic acids is 1. The number of nitrogens with zero attached hydrogens (tertiary/aromatic N) is 1. The third kappa shape index (κ3) is 10.5. The number of nitriles is 1. The average Bonchev–Trinajstić information content (AvgIpc) is 2.53. The fourth-order valence-electron chi connectivity index (χ4n) is 1.88. The van der Waals surface area contributed by atoms with Crippen molar-refractivity contribution >= 4 is 5.97 Å². The Morgan fingerprint density at radius 3 is 2.57 bits per heavy atom. The van der Waals surface area contributed by atoms with Gasteiger partial charge in [0.1, 0.15) is 11.6 Å². The first-order valence-corrected chi connectivity index (χ1v) is 8.37. The summed E-state index contributed by atoms with van der Waals surface area (Å²) in [6, 6.07) is 1.79. The van der Waals surface area contributed by atoms with E-state index >= 15 is 0 Å². The molecule has 0 aromatic carbocycles. The Morgan fingerprint density at radius 1 is 1.30 bits per heavy atom. The molecule has 0 bridgehead atoms. The molecule has 2 N–H and O–H groups in total. The van der Waals surface area contributed by atoms with Crippen molar-refractivity contribution in [2.24, 2.45) is 5.92 Å². The second-order valence-corrected chi connectivity index (χ2v) is 5.80. The van der Waals surface area contributed by atoms with Crippen LogP contribution in [-0.2, 0) is 9.53 Å². The van der Waals surface area contributed by atoms with E-state index in [0.29, 0.717) is 6.61 Å². The summed E-state index contributed by atoms with van der Waals surface area (Å²) in [5.74, 6) is -0.308. The highest BCUT2D eigenvalue weighted by molar-refractivity contribution is 5.93. The van der Waals surface area contributed by atoms with Crippen molar-refractivity contribution in [2.75, 3.05) is 13.2 Å². The molecule has 1 unspecified atom stereocenters. The predicted octanol–water partition coefficient (Wildman–Crippen LogP) is 3.07. The van der Waals surface area contributed by atoms with E-state index in [4.69, 9.17) is 10.00 Å². The van der Waals surface area contributed by atoms with Crippen LogP contribution in [0.1, 0.15) is 52.9 Å². The number of carbonyl (C=O) groups is 1. The Bertz CT molecular complexity index is 422.